The standard InChI is InChI=1S/C21H15NO2/c1-22-20(24)12-11-17-18(13-19(23)14-7-3-2-4-8-14)15-9-5-6-10-16(15)21(17)22/h2-13H,1H3. The summed E-state index contributed by atoms with van der Waals surface area (Å²) >= 11 is 0. The summed E-state index contributed by atoms with van der Waals surface area (Å²) in [6.07, 6.45) is 1.67. The Kier molecular flexibility index (Phi) is 3.28. The van der Waals surface area contributed by atoms with Crippen LogP contribution >= 0.6 is 0 Å². The largest absolute Gasteiger partial charge is 0.311 e. The third-order valence-corrected chi connectivity index (χ3v) is 4.41. The first-order valence-corrected chi connectivity index (χ1v) is 7.78. The fourth-order valence-corrected chi connectivity index (χ4v) is 3.22. The Balaban J connectivity index is 1.95. The van der Waals surface area contributed by atoms with Crippen LogP contribution in [-0.2, 0) is 7.05 Å². The van der Waals surface area contributed by atoms with Gasteiger partial charge in [0.1, 0.15) is 0 Å². The first-order valence-electron chi connectivity index (χ1n) is 7.78. The summed E-state index contributed by atoms with van der Waals surface area (Å²) in [4.78, 5) is 24.6. The molecule has 3 heteroatoms. The molecule has 1 aliphatic carbocycles. The fraction of sp³-hybridized carbons (Fsp3) is 0.0476. The van der Waals surface area contributed by atoms with Gasteiger partial charge in [0.15, 0.2) is 5.78 Å². The number of aromatic nitrogens is 1. The van der Waals surface area contributed by atoms with Crippen LogP contribution in [0.3, 0.4) is 0 Å². The normalized spacial score (nSPS) is 13.6. The molecule has 0 atom stereocenters. The third kappa shape index (κ3) is 2.14. The van der Waals surface area contributed by atoms with Gasteiger partial charge < -0.3 is 4.57 Å². The predicted molar refractivity (Wildman–Crippen MR) is 95.0 cm³/mol. The molecule has 0 spiro atoms. The van der Waals surface area contributed by atoms with Crippen molar-refractivity contribution in [3.8, 4) is 11.3 Å². The van der Waals surface area contributed by atoms with E-state index in [0.717, 1.165) is 28.0 Å². The molecule has 1 heterocycles. The zero-order valence-electron chi connectivity index (χ0n) is 13.2. The molecular formula is C21H15NO2. The molecule has 3 nitrogen and oxygen atoms in total. The number of ketones is 1. The van der Waals surface area contributed by atoms with Crippen molar-refractivity contribution in [3.05, 3.63) is 99.9 Å². The minimum absolute atomic E-state index is 0.0397. The van der Waals surface area contributed by atoms with Gasteiger partial charge in [-0.1, -0.05) is 54.6 Å². The lowest BCUT2D eigenvalue weighted by molar-refractivity contribution is 0.104. The van der Waals surface area contributed by atoms with Crippen molar-refractivity contribution in [2.45, 2.75) is 0 Å². The van der Waals surface area contributed by atoms with E-state index in [1.165, 1.54) is 0 Å². The van der Waals surface area contributed by atoms with Crippen LogP contribution in [-0.4, -0.2) is 10.4 Å². The fourth-order valence-electron chi connectivity index (χ4n) is 3.22. The minimum atomic E-state index is -0.0563. The topological polar surface area (TPSA) is 39.1 Å². The number of nitrogens with zero attached hydrogens (tertiary/aromatic N) is 1. The lowest BCUT2D eigenvalue weighted by Gasteiger charge is -2.06. The highest BCUT2D eigenvalue weighted by Gasteiger charge is 2.26. The van der Waals surface area contributed by atoms with Gasteiger partial charge in [-0.25, -0.2) is 0 Å². The molecule has 0 fully saturated rings. The molecule has 1 aliphatic rings. The lowest BCUT2D eigenvalue weighted by Crippen LogP contribution is -2.17. The van der Waals surface area contributed by atoms with Gasteiger partial charge in [0.2, 0.25) is 0 Å². The number of rotatable bonds is 2. The monoisotopic (exact) mass is 313 g/mol. The number of hydrogen-bond donors (Lipinski definition) is 0. The summed E-state index contributed by atoms with van der Waals surface area (Å²) in [7, 11) is 1.76. The highest BCUT2D eigenvalue weighted by Crippen LogP contribution is 2.43. The average molecular weight is 313 g/mol. The van der Waals surface area contributed by atoms with Crippen molar-refractivity contribution in [1.82, 2.24) is 4.57 Å². The van der Waals surface area contributed by atoms with Crippen molar-refractivity contribution in [2.24, 2.45) is 7.05 Å². The maximum atomic E-state index is 12.6. The second-order valence-corrected chi connectivity index (χ2v) is 5.83. The van der Waals surface area contributed by atoms with Crippen LogP contribution < -0.4 is 5.56 Å². The SMILES string of the molecule is Cn1c2c(ccc1=O)C(=CC(=O)c1ccccc1)c1ccccc1-2. The predicted octanol–water partition coefficient (Wildman–Crippen LogP) is 3.68. The zero-order valence-corrected chi connectivity index (χ0v) is 13.2. The van der Waals surface area contributed by atoms with Gasteiger partial charge in [-0.05, 0) is 23.3 Å². The van der Waals surface area contributed by atoms with Crippen LogP contribution in [0.15, 0.2) is 77.6 Å². The second-order valence-electron chi connectivity index (χ2n) is 5.83. The van der Waals surface area contributed by atoms with Crippen LogP contribution in [0.2, 0.25) is 0 Å². The zero-order chi connectivity index (χ0) is 16.7. The van der Waals surface area contributed by atoms with E-state index < -0.39 is 0 Å². The molecule has 3 aromatic rings. The van der Waals surface area contributed by atoms with Gasteiger partial charge in [-0.3, -0.25) is 9.59 Å². The Labute approximate surface area is 139 Å². The van der Waals surface area contributed by atoms with E-state index in [2.05, 4.69) is 0 Å². The van der Waals surface area contributed by atoms with Gasteiger partial charge in [-0.15, -0.1) is 0 Å². The van der Waals surface area contributed by atoms with Gasteiger partial charge in [0, 0.05) is 29.8 Å². The Morgan fingerprint density at radius 2 is 1.50 bits per heavy atom. The van der Waals surface area contributed by atoms with E-state index in [1.54, 1.807) is 23.8 Å². The number of hydrogen-bond acceptors (Lipinski definition) is 2. The average Bonchev–Trinajstić information content (AvgIpc) is 2.93. The molecule has 0 saturated carbocycles. The molecule has 24 heavy (non-hydrogen) atoms. The van der Waals surface area contributed by atoms with Gasteiger partial charge in [0.25, 0.3) is 5.56 Å². The summed E-state index contributed by atoms with van der Waals surface area (Å²) in [6, 6.07) is 20.4. The van der Waals surface area contributed by atoms with Crippen LogP contribution in [0.1, 0.15) is 21.5 Å². The molecule has 0 unspecified atom stereocenters. The van der Waals surface area contributed by atoms with Crippen molar-refractivity contribution in [3.63, 3.8) is 0 Å². The van der Waals surface area contributed by atoms with Crippen LogP contribution in [0.5, 0.6) is 0 Å². The molecule has 0 N–H and O–H groups in total. The molecule has 0 radical (unpaired) electrons. The molecule has 2 aromatic carbocycles. The van der Waals surface area contributed by atoms with Crippen LogP contribution in [0, 0.1) is 0 Å². The van der Waals surface area contributed by atoms with Crippen molar-refractivity contribution in [1.29, 1.82) is 0 Å². The van der Waals surface area contributed by atoms with E-state index in [0.29, 0.717) is 5.56 Å². The maximum absolute atomic E-state index is 12.6. The smallest absolute Gasteiger partial charge is 0.250 e. The van der Waals surface area contributed by atoms with Crippen molar-refractivity contribution < 1.29 is 4.79 Å². The highest BCUT2D eigenvalue weighted by atomic mass is 16.1. The van der Waals surface area contributed by atoms with Crippen molar-refractivity contribution >= 4 is 11.4 Å². The van der Waals surface area contributed by atoms with E-state index >= 15 is 0 Å². The molecular weight excluding hydrogens is 298 g/mol. The summed E-state index contributed by atoms with van der Waals surface area (Å²) < 4.78 is 1.64. The molecule has 0 aliphatic heterocycles. The first-order chi connectivity index (χ1) is 11.7. The van der Waals surface area contributed by atoms with E-state index in [4.69, 9.17) is 0 Å². The summed E-state index contributed by atoms with van der Waals surface area (Å²) in [5, 5.41) is 0. The molecule has 0 bridgehead atoms. The van der Waals surface area contributed by atoms with E-state index in [-0.39, 0.29) is 11.3 Å². The quantitative estimate of drug-likeness (QED) is 0.418. The molecule has 4 rings (SSSR count). The number of fused-ring (bicyclic) bond motifs is 3. The van der Waals surface area contributed by atoms with Crippen LogP contribution in [0.4, 0.5) is 0 Å². The number of pyridine rings is 1. The lowest BCUT2D eigenvalue weighted by atomic mass is 10.0. The van der Waals surface area contributed by atoms with E-state index in [1.807, 2.05) is 60.7 Å². The molecule has 0 saturated heterocycles. The Morgan fingerprint density at radius 3 is 2.25 bits per heavy atom. The Bertz CT molecular complexity index is 1040. The molecule has 1 aromatic heterocycles. The van der Waals surface area contributed by atoms with E-state index in [9.17, 15) is 9.59 Å². The number of allylic oxidation sites excluding steroid dienone is 1. The van der Waals surface area contributed by atoms with Gasteiger partial charge in [0.05, 0.1) is 5.69 Å². The summed E-state index contributed by atoms with van der Waals surface area (Å²) in [5.41, 5.74) is 5.22. The molecule has 0 amide bonds. The Morgan fingerprint density at radius 1 is 0.833 bits per heavy atom. The summed E-state index contributed by atoms with van der Waals surface area (Å²) in [6.45, 7) is 0. The number of carbonyl (C=O) groups is 1. The van der Waals surface area contributed by atoms with Gasteiger partial charge in [-0.2, -0.15) is 0 Å². The minimum Gasteiger partial charge on any atom is -0.311 e. The van der Waals surface area contributed by atoms with Gasteiger partial charge >= 0.3 is 0 Å². The highest BCUT2D eigenvalue weighted by molar-refractivity contribution is 6.13. The number of benzene rings is 2. The number of carbonyl (C=O) groups excluding carboxylic acids is 1. The third-order valence-electron chi connectivity index (χ3n) is 4.41. The van der Waals surface area contributed by atoms with Crippen LogP contribution in [0.25, 0.3) is 16.8 Å². The Hall–Kier alpha value is -3.20. The maximum Gasteiger partial charge on any atom is 0.250 e. The molecule has 116 valence electrons. The van der Waals surface area contributed by atoms with Crippen molar-refractivity contribution in [2.75, 3.05) is 0 Å². The summed E-state index contributed by atoms with van der Waals surface area (Å²) in [5.74, 6) is -0.0397. The first kappa shape index (κ1) is 14.4. The second kappa shape index (κ2) is 5.46.